The van der Waals surface area contributed by atoms with Crippen molar-refractivity contribution >= 4 is 29.3 Å². The summed E-state index contributed by atoms with van der Waals surface area (Å²) in [7, 11) is 0. The summed E-state index contributed by atoms with van der Waals surface area (Å²) < 4.78 is 0. The second-order valence-corrected chi connectivity index (χ2v) is 7.18. The lowest BCUT2D eigenvalue weighted by atomic mass is 10.1. The number of aryl methyl sites for hydroxylation is 2. The maximum absolute atomic E-state index is 11.9. The summed E-state index contributed by atoms with van der Waals surface area (Å²) >= 11 is 7.90. The maximum Gasteiger partial charge on any atom is 0.220 e. The molecule has 0 aromatic heterocycles. The highest BCUT2D eigenvalue weighted by molar-refractivity contribution is 7.98. The van der Waals surface area contributed by atoms with E-state index in [1.165, 1.54) is 11.1 Å². The summed E-state index contributed by atoms with van der Waals surface area (Å²) in [5.41, 5.74) is 3.69. The highest BCUT2D eigenvalue weighted by atomic mass is 35.5. The largest absolute Gasteiger partial charge is 0.355 e. The van der Waals surface area contributed by atoms with Gasteiger partial charge in [0.25, 0.3) is 0 Å². The van der Waals surface area contributed by atoms with Crippen LogP contribution in [0.1, 0.15) is 30.0 Å². The zero-order valence-corrected chi connectivity index (χ0v) is 15.6. The number of carbonyl (C=O) groups is 1. The number of benzene rings is 2. The van der Waals surface area contributed by atoms with E-state index < -0.39 is 0 Å². The third-order valence-corrected chi connectivity index (χ3v) is 5.23. The third-order valence-electron chi connectivity index (χ3n) is 3.86. The molecule has 0 fully saturated rings. The lowest BCUT2D eigenvalue weighted by Crippen LogP contribution is -2.25. The van der Waals surface area contributed by atoms with Gasteiger partial charge in [-0.3, -0.25) is 4.79 Å². The smallest absolute Gasteiger partial charge is 0.220 e. The van der Waals surface area contributed by atoms with Crippen molar-refractivity contribution < 1.29 is 4.79 Å². The van der Waals surface area contributed by atoms with E-state index in [9.17, 15) is 4.79 Å². The molecule has 128 valence electrons. The predicted molar refractivity (Wildman–Crippen MR) is 105 cm³/mol. The molecule has 0 heterocycles. The summed E-state index contributed by atoms with van der Waals surface area (Å²) in [6, 6.07) is 16.4. The SMILES string of the molecule is CCc1ccc(CCC(=O)NCCSCc2ccccc2Cl)cc1. The first-order valence-corrected chi connectivity index (χ1v) is 9.88. The monoisotopic (exact) mass is 361 g/mol. The van der Waals surface area contributed by atoms with E-state index in [0.717, 1.165) is 34.9 Å². The number of rotatable bonds is 9. The van der Waals surface area contributed by atoms with Crippen molar-refractivity contribution in [2.24, 2.45) is 0 Å². The number of thioether (sulfide) groups is 1. The second-order valence-electron chi connectivity index (χ2n) is 5.66. The molecule has 2 aromatic carbocycles. The van der Waals surface area contributed by atoms with E-state index in [1.54, 1.807) is 11.8 Å². The van der Waals surface area contributed by atoms with Crippen LogP contribution in [0, 0.1) is 0 Å². The molecule has 0 saturated carbocycles. The molecule has 24 heavy (non-hydrogen) atoms. The van der Waals surface area contributed by atoms with Crippen LogP contribution in [-0.2, 0) is 23.4 Å². The summed E-state index contributed by atoms with van der Waals surface area (Å²) in [5.74, 6) is 1.88. The fraction of sp³-hybridized carbons (Fsp3) is 0.350. The van der Waals surface area contributed by atoms with Crippen LogP contribution in [0.2, 0.25) is 5.02 Å². The van der Waals surface area contributed by atoms with Crippen LogP contribution < -0.4 is 5.32 Å². The normalized spacial score (nSPS) is 10.6. The lowest BCUT2D eigenvalue weighted by molar-refractivity contribution is -0.120. The van der Waals surface area contributed by atoms with Gasteiger partial charge in [-0.15, -0.1) is 0 Å². The number of carbonyl (C=O) groups excluding carboxylic acids is 1. The van der Waals surface area contributed by atoms with Gasteiger partial charge in [0.2, 0.25) is 5.91 Å². The summed E-state index contributed by atoms with van der Waals surface area (Å²) in [4.78, 5) is 11.9. The molecule has 1 amide bonds. The van der Waals surface area contributed by atoms with Crippen LogP contribution in [0.5, 0.6) is 0 Å². The van der Waals surface area contributed by atoms with E-state index in [0.29, 0.717) is 13.0 Å². The van der Waals surface area contributed by atoms with Gasteiger partial charge < -0.3 is 5.32 Å². The van der Waals surface area contributed by atoms with Gasteiger partial charge in [-0.1, -0.05) is 61.0 Å². The van der Waals surface area contributed by atoms with Gasteiger partial charge in [0.05, 0.1) is 0 Å². The average molecular weight is 362 g/mol. The average Bonchev–Trinajstić information content (AvgIpc) is 2.61. The highest BCUT2D eigenvalue weighted by Crippen LogP contribution is 2.20. The van der Waals surface area contributed by atoms with Crippen LogP contribution in [0.3, 0.4) is 0 Å². The van der Waals surface area contributed by atoms with Crippen LogP contribution in [0.15, 0.2) is 48.5 Å². The molecule has 0 unspecified atom stereocenters. The lowest BCUT2D eigenvalue weighted by Gasteiger charge is -2.07. The molecule has 1 N–H and O–H groups in total. The molecule has 0 aliphatic heterocycles. The van der Waals surface area contributed by atoms with Crippen molar-refractivity contribution in [1.82, 2.24) is 5.32 Å². The van der Waals surface area contributed by atoms with Crippen LogP contribution in [0.25, 0.3) is 0 Å². The van der Waals surface area contributed by atoms with Crippen LogP contribution >= 0.6 is 23.4 Å². The molecule has 0 aliphatic rings. The molecule has 0 saturated heterocycles. The molecule has 0 radical (unpaired) electrons. The summed E-state index contributed by atoms with van der Waals surface area (Å²) in [6.07, 6.45) is 2.38. The second kappa shape index (κ2) is 10.4. The first-order valence-electron chi connectivity index (χ1n) is 8.34. The van der Waals surface area contributed by atoms with Gasteiger partial charge in [-0.05, 0) is 35.6 Å². The molecule has 0 spiro atoms. The molecule has 2 rings (SSSR count). The van der Waals surface area contributed by atoms with Crippen molar-refractivity contribution in [1.29, 1.82) is 0 Å². The molecule has 0 aliphatic carbocycles. The maximum atomic E-state index is 11.9. The van der Waals surface area contributed by atoms with Crippen molar-refractivity contribution in [3.8, 4) is 0 Å². The number of nitrogens with one attached hydrogen (secondary N) is 1. The first kappa shape index (κ1) is 18.9. The molecule has 2 nitrogen and oxygen atoms in total. The number of amides is 1. The Hall–Kier alpha value is -1.45. The molecular weight excluding hydrogens is 338 g/mol. The Morgan fingerprint density at radius 2 is 1.79 bits per heavy atom. The summed E-state index contributed by atoms with van der Waals surface area (Å²) in [5, 5.41) is 3.79. The van der Waals surface area contributed by atoms with Crippen molar-refractivity contribution in [3.63, 3.8) is 0 Å². The zero-order chi connectivity index (χ0) is 17.2. The van der Waals surface area contributed by atoms with E-state index in [4.69, 9.17) is 11.6 Å². The van der Waals surface area contributed by atoms with E-state index >= 15 is 0 Å². The van der Waals surface area contributed by atoms with Crippen molar-refractivity contribution in [2.75, 3.05) is 12.3 Å². The molecular formula is C20H24ClNOS. The Balaban J connectivity index is 1.58. The summed E-state index contributed by atoms with van der Waals surface area (Å²) in [6.45, 7) is 2.84. The third kappa shape index (κ3) is 6.58. The fourth-order valence-corrected chi connectivity index (χ4v) is 3.49. The molecule has 2 aromatic rings. The van der Waals surface area contributed by atoms with Gasteiger partial charge in [-0.25, -0.2) is 0 Å². The quantitative estimate of drug-likeness (QED) is 0.644. The van der Waals surface area contributed by atoms with E-state index in [-0.39, 0.29) is 5.91 Å². The van der Waals surface area contributed by atoms with Gasteiger partial charge in [-0.2, -0.15) is 11.8 Å². The Morgan fingerprint density at radius 1 is 1.08 bits per heavy atom. The standard InChI is InChI=1S/C20H24ClNOS/c1-2-16-7-9-17(10-8-16)11-12-20(23)22-13-14-24-15-18-5-3-4-6-19(18)21/h3-10H,2,11-15H2,1H3,(H,22,23). The number of hydrogen-bond acceptors (Lipinski definition) is 2. The van der Waals surface area contributed by atoms with Crippen LogP contribution in [0.4, 0.5) is 0 Å². The van der Waals surface area contributed by atoms with Crippen LogP contribution in [-0.4, -0.2) is 18.2 Å². The molecule has 4 heteroatoms. The number of hydrogen-bond donors (Lipinski definition) is 1. The highest BCUT2D eigenvalue weighted by Gasteiger charge is 2.03. The van der Waals surface area contributed by atoms with E-state index in [2.05, 4.69) is 36.5 Å². The zero-order valence-electron chi connectivity index (χ0n) is 14.1. The van der Waals surface area contributed by atoms with Crippen molar-refractivity contribution in [2.45, 2.75) is 31.9 Å². The minimum absolute atomic E-state index is 0.118. The van der Waals surface area contributed by atoms with Gasteiger partial charge in [0, 0.05) is 29.5 Å². The Kier molecular flexibility index (Phi) is 8.20. The minimum Gasteiger partial charge on any atom is -0.355 e. The molecule has 0 atom stereocenters. The Morgan fingerprint density at radius 3 is 2.50 bits per heavy atom. The molecule has 0 bridgehead atoms. The minimum atomic E-state index is 0.118. The van der Waals surface area contributed by atoms with Gasteiger partial charge in [0.1, 0.15) is 0 Å². The topological polar surface area (TPSA) is 29.1 Å². The van der Waals surface area contributed by atoms with Gasteiger partial charge in [0.15, 0.2) is 0 Å². The van der Waals surface area contributed by atoms with Gasteiger partial charge >= 0.3 is 0 Å². The fourth-order valence-electron chi connectivity index (χ4n) is 2.35. The Labute approximate surface area is 154 Å². The van der Waals surface area contributed by atoms with Crippen molar-refractivity contribution in [3.05, 3.63) is 70.2 Å². The first-order chi connectivity index (χ1) is 11.7. The predicted octanol–water partition coefficient (Wildman–Crippen LogP) is 4.88. The number of halogens is 1. The van der Waals surface area contributed by atoms with E-state index in [1.807, 2.05) is 24.3 Å². The Bertz CT molecular complexity index is 642.